The lowest BCUT2D eigenvalue weighted by atomic mass is 9.78. The van der Waals surface area contributed by atoms with Crippen molar-refractivity contribution in [3.63, 3.8) is 0 Å². The van der Waals surface area contributed by atoms with Gasteiger partial charge in [-0.1, -0.05) is 51.1 Å². The van der Waals surface area contributed by atoms with Gasteiger partial charge >= 0.3 is 6.03 Å². The summed E-state index contributed by atoms with van der Waals surface area (Å²) in [5.41, 5.74) is 1.14. The summed E-state index contributed by atoms with van der Waals surface area (Å²) in [7, 11) is 1.78. The molecule has 2 unspecified atom stereocenters. The highest BCUT2D eigenvalue weighted by atomic mass is 16.5. The molecule has 1 aliphatic rings. The lowest BCUT2D eigenvalue weighted by Crippen LogP contribution is -2.47. The van der Waals surface area contributed by atoms with Crippen LogP contribution in [0.25, 0.3) is 0 Å². The summed E-state index contributed by atoms with van der Waals surface area (Å²) in [6.45, 7) is 8.81. The molecule has 156 valence electrons. The summed E-state index contributed by atoms with van der Waals surface area (Å²) in [5.74, 6) is 0.329. The molecule has 6 nitrogen and oxygen atoms in total. The van der Waals surface area contributed by atoms with Gasteiger partial charge in [0.1, 0.15) is 0 Å². The standard InChI is InChI=1S/C22H35N3O3/c1-22(2,3)20-18(11-8-14-28-20)15-24-21(27)23-13-12-19(26)25(4)16-17-9-6-5-7-10-17/h5-7,9-10,18,20H,8,11-16H2,1-4H3,(H2,23,24,27). The van der Waals surface area contributed by atoms with Gasteiger partial charge in [-0.25, -0.2) is 4.79 Å². The Morgan fingerprint density at radius 3 is 2.57 bits per heavy atom. The van der Waals surface area contributed by atoms with E-state index in [1.807, 2.05) is 30.3 Å². The van der Waals surface area contributed by atoms with Crippen LogP contribution in [0, 0.1) is 11.3 Å². The number of ether oxygens (including phenoxy) is 1. The van der Waals surface area contributed by atoms with Crippen molar-refractivity contribution in [1.82, 2.24) is 15.5 Å². The molecule has 1 aromatic rings. The maximum Gasteiger partial charge on any atom is 0.314 e. The average molecular weight is 390 g/mol. The third-order valence-corrected chi connectivity index (χ3v) is 5.14. The molecule has 1 aromatic carbocycles. The third-order valence-electron chi connectivity index (χ3n) is 5.14. The Balaban J connectivity index is 1.67. The number of urea groups is 1. The van der Waals surface area contributed by atoms with Crippen LogP contribution in [0.2, 0.25) is 0 Å². The number of nitrogens with one attached hydrogen (secondary N) is 2. The molecule has 0 bridgehead atoms. The first-order chi connectivity index (χ1) is 13.3. The number of rotatable bonds is 7. The molecule has 1 aliphatic heterocycles. The largest absolute Gasteiger partial charge is 0.377 e. The van der Waals surface area contributed by atoms with Crippen LogP contribution >= 0.6 is 0 Å². The molecule has 1 saturated heterocycles. The number of hydrogen-bond acceptors (Lipinski definition) is 3. The molecule has 0 saturated carbocycles. The van der Waals surface area contributed by atoms with E-state index in [4.69, 9.17) is 4.74 Å². The monoisotopic (exact) mass is 389 g/mol. The molecule has 2 N–H and O–H groups in total. The van der Waals surface area contributed by atoms with E-state index in [-0.39, 0.29) is 29.9 Å². The molecule has 1 fully saturated rings. The minimum absolute atomic E-state index is 0.0117. The minimum Gasteiger partial charge on any atom is -0.377 e. The zero-order valence-electron chi connectivity index (χ0n) is 17.7. The molecule has 0 aliphatic carbocycles. The Labute approximate surface area is 169 Å². The Hall–Kier alpha value is -2.08. The van der Waals surface area contributed by atoms with E-state index >= 15 is 0 Å². The number of nitrogens with zero attached hydrogens (tertiary/aromatic N) is 1. The molecular formula is C22H35N3O3. The highest BCUT2D eigenvalue weighted by Gasteiger charge is 2.35. The smallest absolute Gasteiger partial charge is 0.314 e. The van der Waals surface area contributed by atoms with Crippen LogP contribution in [0.4, 0.5) is 4.79 Å². The van der Waals surface area contributed by atoms with Crippen LogP contribution in [0.5, 0.6) is 0 Å². The lowest BCUT2D eigenvalue weighted by Gasteiger charge is -2.40. The average Bonchev–Trinajstić information content (AvgIpc) is 2.66. The molecule has 2 rings (SSSR count). The number of benzene rings is 1. The quantitative estimate of drug-likeness (QED) is 0.752. The molecule has 28 heavy (non-hydrogen) atoms. The fourth-order valence-electron chi connectivity index (χ4n) is 3.72. The number of amides is 3. The van der Waals surface area contributed by atoms with Crippen molar-refractivity contribution in [1.29, 1.82) is 0 Å². The van der Waals surface area contributed by atoms with Crippen LogP contribution in [-0.4, -0.2) is 49.7 Å². The summed E-state index contributed by atoms with van der Waals surface area (Å²) in [5, 5.41) is 5.73. The van der Waals surface area contributed by atoms with Crippen molar-refractivity contribution in [2.24, 2.45) is 11.3 Å². The predicted octanol–water partition coefficient (Wildman–Crippen LogP) is 3.18. The van der Waals surface area contributed by atoms with Gasteiger partial charge in [0.2, 0.25) is 5.91 Å². The molecule has 2 atom stereocenters. The van der Waals surface area contributed by atoms with E-state index in [0.29, 0.717) is 25.6 Å². The van der Waals surface area contributed by atoms with Crippen molar-refractivity contribution in [3.05, 3.63) is 35.9 Å². The zero-order chi connectivity index (χ0) is 20.6. The van der Waals surface area contributed by atoms with Gasteiger partial charge in [0.25, 0.3) is 0 Å². The van der Waals surface area contributed by atoms with Gasteiger partial charge in [0, 0.05) is 45.6 Å². The Bertz CT molecular complexity index is 628. The topological polar surface area (TPSA) is 70.7 Å². The van der Waals surface area contributed by atoms with Gasteiger partial charge in [-0.2, -0.15) is 0 Å². The van der Waals surface area contributed by atoms with Crippen LogP contribution in [0.1, 0.15) is 45.6 Å². The van der Waals surface area contributed by atoms with Crippen molar-refractivity contribution in [2.75, 3.05) is 26.7 Å². The Morgan fingerprint density at radius 2 is 1.89 bits per heavy atom. The Morgan fingerprint density at radius 1 is 1.18 bits per heavy atom. The lowest BCUT2D eigenvalue weighted by molar-refractivity contribution is -0.130. The van der Waals surface area contributed by atoms with E-state index < -0.39 is 0 Å². The van der Waals surface area contributed by atoms with Gasteiger partial charge in [-0.15, -0.1) is 0 Å². The van der Waals surface area contributed by atoms with Gasteiger partial charge in [0.15, 0.2) is 0 Å². The van der Waals surface area contributed by atoms with Gasteiger partial charge in [-0.3, -0.25) is 4.79 Å². The first-order valence-electron chi connectivity index (χ1n) is 10.2. The summed E-state index contributed by atoms with van der Waals surface area (Å²) in [6, 6.07) is 9.64. The molecule has 6 heteroatoms. The number of carbonyl (C=O) groups excluding carboxylic acids is 2. The maximum absolute atomic E-state index is 12.2. The minimum atomic E-state index is -0.225. The zero-order valence-corrected chi connectivity index (χ0v) is 17.7. The SMILES string of the molecule is CN(Cc1ccccc1)C(=O)CCNC(=O)NCC1CCCOC1C(C)(C)C. The summed E-state index contributed by atoms with van der Waals surface area (Å²) in [4.78, 5) is 26.0. The van der Waals surface area contributed by atoms with Crippen LogP contribution < -0.4 is 10.6 Å². The summed E-state index contributed by atoms with van der Waals surface area (Å²) >= 11 is 0. The van der Waals surface area contributed by atoms with E-state index in [1.54, 1.807) is 11.9 Å². The Kier molecular flexibility index (Phi) is 8.30. The molecule has 1 heterocycles. The fourth-order valence-corrected chi connectivity index (χ4v) is 3.72. The van der Waals surface area contributed by atoms with Gasteiger partial charge in [0.05, 0.1) is 6.10 Å². The van der Waals surface area contributed by atoms with E-state index in [1.165, 1.54) is 0 Å². The van der Waals surface area contributed by atoms with Crippen LogP contribution in [-0.2, 0) is 16.1 Å². The number of carbonyl (C=O) groups is 2. The molecule has 0 radical (unpaired) electrons. The van der Waals surface area contributed by atoms with Crippen molar-refractivity contribution < 1.29 is 14.3 Å². The first kappa shape index (κ1) is 22.2. The maximum atomic E-state index is 12.2. The fraction of sp³-hybridized carbons (Fsp3) is 0.636. The predicted molar refractivity (Wildman–Crippen MR) is 111 cm³/mol. The van der Waals surface area contributed by atoms with Gasteiger partial charge in [-0.05, 0) is 23.8 Å². The second kappa shape index (κ2) is 10.5. The highest BCUT2D eigenvalue weighted by Crippen LogP contribution is 2.33. The normalized spacial score (nSPS) is 19.7. The summed E-state index contributed by atoms with van der Waals surface area (Å²) in [6.07, 6.45) is 2.52. The second-order valence-electron chi connectivity index (χ2n) is 8.68. The number of hydrogen-bond donors (Lipinski definition) is 2. The van der Waals surface area contributed by atoms with Gasteiger partial charge < -0.3 is 20.3 Å². The van der Waals surface area contributed by atoms with E-state index in [2.05, 4.69) is 31.4 Å². The van der Waals surface area contributed by atoms with Crippen molar-refractivity contribution in [2.45, 2.75) is 52.7 Å². The first-order valence-corrected chi connectivity index (χ1v) is 10.2. The third kappa shape index (κ3) is 7.15. The van der Waals surface area contributed by atoms with E-state index in [9.17, 15) is 9.59 Å². The van der Waals surface area contributed by atoms with Crippen LogP contribution in [0.3, 0.4) is 0 Å². The summed E-state index contributed by atoms with van der Waals surface area (Å²) < 4.78 is 5.95. The molecular weight excluding hydrogens is 354 g/mol. The molecule has 3 amide bonds. The second-order valence-corrected chi connectivity index (χ2v) is 8.68. The van der Waals surface area contributed by atoms with Crippen LogP contribution in [0.15, 0.2) is 30.3 Å². The highest BCUT2D eigenvalue weighted by molar-refractivity contribution is 5.78. The van der Waals surface area contributed by atoms with Crippen molar-refractivity contribution >= 4 is 11.9 Å². The van der Waals surface area contributed by atoms with E-state index in [0.717, 1.165) is 25.0 Å². The van der Waals surface area contributed by atoms with Crippen molar-refractivity contribution in [3.8, 4) is 0 Å². The molecule has 0 aromatic heterocycles. The molecule has 0 spiro atoms.